The molecule has 0 radical (unpaired) electrons. The van der Waals surface area contributed by atoms with Gasteiger partial charge in [-0.05, 0) is 12.8 Å². The van der Waals surface area contributed by atoms with Gasteiger partial charge in [0.2, 0.25) is 0 Å². The van der Waals surface area contributed by atoms with Crippen molar-refractivity contribution in [2.45, 2.75) is 24.9 Å². The van der Waals surface area contributed by atoms with Crippen molar-refractivity contribution < 1.29 is 19.4 Å². The van der Waals surface area contributed by atoms with Crippen LogP contribution in [0.1, 0.15) is 12.8 Å². The molecule has 5 heteroatoms. The Labute approximate surface area is 89.0 Å². The first kappa shape index (κ1) is 10.9. The summed E-state index contributed by atoms with van der Waals surface area (Å²) >= 11 is 0. The number of hydrogen-bond donors (Lipinski definition) is 1. The highest BCUT2D eigenvalue weighted by Gasteiger charge is 2.34. The van der Waals surface area contributed by atoms with Crippen molar-refractivity contribution in [2.24, 2.45) is 0 Å². The summed E-state index contributed by atoms with van der Waals surface area (Å²) < 4.78 is 10.5. The smallest absolute Gasteiger partial charge is 0.323 e. The van der Waals surface area contributed by atoms with E-state index < -0.39 is 12.0 Å². The molecule has 2 aliphatic heterocycles. The Hall–Kier alpha value is -0.650. The van der Waals surface area contributed by atoms with Gasteiger partial charge in [-0.25, -0.2) is 0 Å². The van der Waals surface area contributed by atoms with Crippen LogP contribution in [0.15, 0.2) is 0 Å². The third-order valence-corrected chi connectivity index (χ3v) is 3.11. The number of ether oxygens (including phenoxy) is 2. The maximum atomic E-state index is 11.1. The number of aliphatic carboxylic acids is 1. The van der Waals surface area contributed by atoms with Gasteiger partial charge < -0.3 is 14.6 Å². The summed E-state index contributed by atoms with van der Waals surface area (Å²) in [6, 6.07) is -0.120. The van der Waals surface area contributed by atoms with E-state index in [-0.39, 0.29) is 0 Å². The largest absolute Gasteiger partial charge is 0.480 e. The van der Waals surface area contributed by atoms with Crippen LogP contribution in [0.4, 0.5) is 0 Å². The first-order chi connectivity index (χ1) is 7.29. The molecule has 0 aromatic carbocycles. The second kappa shape index (κ2) is 4.92. The first-order valence-corrected chi connectivity index (χ1v) is 5.43. The molecule has 0 unspecified atom stereocenters. The molecule has 2 heterocycles. The molecular weight excluding hydrogens is 198 g/mol. The molecule has 2 rings (SSSR count). The Kier molecular flexibility index (Phi) is 3.56. The molecule has 0 aromatic rings. The SMILES string of the molecule is O=C(O)[C@H]1COCCN1C1CCOCC1. The summed E-state index contributed by atoms with van der Waals surface area (Å²) in [5, 5.41) is 9.09. The number of carboxylic acid groups (broad SMARTS) is 1. The van der Waals surface area contributed by atoms with Crippen molar-refractivity contribution in [1.82, 2.24) is 4.90 Å². The van der Waals surface area contributed by atoms with Crippen LogP contribution in [0.25, 0.3) is 0 Å². The van der Waals surface area contributed by atoms with Gasteiger partial charge in [-0.3, -0.25) is 9.69 Å². The Morgan fingerprint density at radius 3 is 2.60 bits per heavy atom. The topological polar surface area (TPSA) is 59.0 Å². The van der Waals surface area contributed by atoms with Crippen molar-refractivity contribution in [1.29, 1.82) is 0 Å². The minimum absolute atomic E-state index is 0.312. The van der Waals surface area contributed by atoms with Gasteiger partial charge in [-0.15, -0.1) is 0 Å². The Balaban J connectivity index is 1.99. The molecule has 0 saturated carbocycles. The fraction of sp³-hybridized carbons (Fsp3) is 0.900. The number of carboxylic acids is 1. The zero-order valence-electron chi connectivity index (χ0n) is 8.72. The summed E-state index contributed by atoms with van der Waals surface area (Å²) in [6.45, 7) is 3.16. The normalized spacial score (nSPS) is 30.3. The number of hydrogen-bond acceptors (Lipinski definition) is 4. The highest BCUT2D eigenvalue weighted by Crippen LogP contribution is 2.19. The quantitative estimate of drug-likeness (QED) is 0.700. The average molecular weight is 215 g/mol. The minimum Gasteiger partial charge on any atom is -0.480 e. The second-order valence-electron chi connectivity index (χ2n) is 4.01. The number of carbonyl (C=O) groups is 1. The van der Waals surface area contributed by atoms with Crippen LogP contribution in [-0.2, 0) is 14.3 Å². The summed E-state index contributed by atoms with van der Waals surface area (Å²) in [6.07, 6.45) is 1.87. The highest BCUT2D eigenvalue weighted by molar-refractivity contribution is 5.73. The second-order valence-corrected chi connectivity index (χ2v) is 4.01. The number of morpholine rings is 1. The molecule has 2 saturated heterocycles. The lowest BCUT2D eigenvalue weighted by atomic mass is 10.0. The first-order valence-electron chi connectivity index (χ1n) is 5.43. The number of rotatable bonds is 2. The Morgan fingerprint density at radius 2 is 1.93 bits per heavy atom. The van der Waals surface area contributed by atoms with E-state index in [1.54, 1.807) is 0 Å². The van der Waals surface area contributed by atoms with Crippen molar-refractivity contribution in [2.75, 3.05) is 33.0 Å². The maximum absolute atomic E-state index is 11.1. The molecule has 15 heavy (non-hydrogen) atoms. The van der Waals surface area contributed by atoms with Crippen molar-refractivity contribution in [3.8, 4) is 0 Å². The van der Waals surface area contributed by atoms with E-state index in [1.165, 1.54) is 0 Å². The fourth-order valence-electron chi connectivity index (χ4n) is 2.28. The van der Waals surface area contributed by atoms with Gasteiger partial charge in [0, 0.05) is 25.8 Å². The van der Waals surface area contributed by atoms with Crippen molar-refractivity contribution in [3.05, 3.63) is 0 Å². The van der Waals surface area contributed by atoms with E-state index in [9.17, 15) is 4.79 Å². The molecule has 2 aliphatic rings. The lowest BCUT2D eigenvalue weighted by Gasteiger charge is -2.40. The van der Waals surface area contributed by atoms with Crippen molar-refractivity contribution in [3.63, 3.8) is 0 Å². The zero-order chi connectivity index (χ0) is 10.7. The van der Waals surface area contributed by atoms with Gasteiger partial charge >= 0.3 is 5.97 Å². The van der Waals surface area contributed by atoms with E-state index in [2.05, 4.69) is 4.90 Å². The lowest BCUT2D eigenvalue weighted by Crippen LogP contribution is -2.55. The molecule has 0 bridgehead atoms. The molecule has 0 amide bonds. The summed E-state index contributed by atoms with van der Waals surface area (Å²) in [5.74, 6) is -0.777. The molecular formula is C10H17NO4. The highest BCUT2D eigenvalue weighted by atomic mass is 16.5. The van der Waals surface area contributed by atoms with Gasteiger partial charge in [-0.1, -0.05) is 0 Å². The summed E-state index contributed by atoms with van der Waals surface area (Å²) in [4.78, 5) is 13.1. The van der Waals surface area contributed by atoms with E-state index >= 15 is 0 Å². The predicted octanol–water partition coefficient (Wildman–Crippen LogP) is -0.0492. The van der Waals surface area contributed by atoms with Crippen LogP contribution in [0.3, 0.4) is 0 Å². The van der Waals surface area contributed by atoms with Gasteiger partial charge in [0.1, 0.15) is 6.04 Å². The molecule has 86 valence electrons. The Bertz CT molecular complexity index is 227. The van der Waals surface area contributed by atoms with E-state index in [0.717, 1.165) is 32.6 Å². The van der Waals surface area contributed by atoms with Gasteiger partial charge in [0.25, 0.3) is 0 Å². The Morgan fingerprint density at radius 1 is 1.20 bits per heavy atom. The summed E-state index contributed by atoms with van der Waals surface area (Å²) in [5.41, 5.74) is 0. The van der Waals surface area contributed by atoms with Crippen LogP contribution >= 0.6 is 0 Å². The maximum Gasteiger partial charge on any atom is 0.323 e. The molecule has 0 aromatic heterocycles. The molecule has 0 spiro atoms. The van der Waals surface area contributed by atoms with E-state index in [4.69, 9.17) is 14.6 Å². The molecule has 5 nitrogen and oxygen atoms in total. The van der Waals surface area contributed by atoms with Crippen LogP contribution in [0, 0.1) is 0 Å². The van der Waals surface area contributed by atoms with Gasteiger partial charge in [-0.2, -0.15) is 0 Å². The van der Waals surface area contributed by atoms with Gasteiger partial charge in [0.05, 0.1) is 13.2 Å². The molecule has 1 N–H and O–H groups in total. The fourth-order valence-corrected chi connectivity index (χ4v) is 2.28. The van der Waals surface area contributed by atoms with Gasteiger partial charge in [0.15, 0.2) is 0 Å². The predicted molar refractivity (Wildman–Crippen MR) is 52.8 cm³/mol. The lowest BCUT2D eigenvalue weighted by molar-refractivity contribution is -0.153. The molecule has 1 atom stereocenters. The third-order valence-electron chi connectivity index (χ3n) is 3.11. The molecule has 2 fully saturated rings. The van der Waals surface area contributed by atoms with Crippen LogP contribution in [-0.4, -0.2) is 61.0 Å². The zero-order valence-corrected chi connectivity index (χ0v) is 8.72. The third kappa shape index (κ3) is 2.48. The summed E-state index contributed by atoms with van der Waals surface area (Å²) in [7, 11) is 0. The molecule has 0 aliphatic carbocycles. The van der Waals surface area contributed by atoms with Crippen LogP contribution in [0.2, 0.25) is 0 Å². The minimum atomic E-state index is -0.777. The van der Waals surface area contributed by atoms with Crippen LogP contribution < -0.4 is 0 Å². The monoisotopic (exact) mass is 215 g/mol. The average Bonchev–Trinajstić information content (AvgIpc) is 2.30. The van der Waals surface area contributed by atoms with Crippen molar-refractivity contribution >= 4 is 5.97 Å². The standard InChI is InChI=1S/C10H17NO4/c12-10(13)9-7-15-6-3-11(9)8-1-4-14-5-2-8/h8-9H,1-7H2,(H,12,13)/t9-/m1/s1. The van der Waals surface area contributed by atoms with Crippen LogP contribution in [0.5, 0.6) is 0 Å². The number of nitrogens with zero attached hydrogens (tertiary/aromatic N) is 1. The van der Waals surface area contributed by atoms with E-state index in [1.807, 2.05) is 0 Å². The van der Waals surface area contributed by atoms with E-state index in [0.29, 0.717) is 19.3 Å².